The van der Waals surface area contributed by atoms with Crippen molar-refractivity contribution in [1.82, 2.24) is 0 Å². The van der Waals surface area contributed by atoms with Gasteiger partial charge in [0.2, 0.25) is 0 Å². The number of esters is 1. The first-order valence-corrected chi connectivity index (χ1v) is 23.9. The molecule has 0 N–H and O–H groups in total. The van der Waals surface area contributed by atoms with E-state index in [-0.39, 0.29) is 25.8 Å². The molecule has 0 saturated heterocycles. The van der Waals surface area contributed by atoms with E-state index >= 15 is 0 Å². The first-order valence-electron chi connectivity index (χ1n) is 22.4. The number of likely N-dealkylation sites (N-methyl/N-ethyl adjacent to an activating group) is 1. The summed E-state index contributed by atoms with van der Waals surface area (Å²) in [6.07, 6.45) is 41.1. The standard InChI is InChI=1S/C44H88NO7P/c1-6-8-10-12-14-15-16-17-18-19-20-21-22-23-24-25-26-27-28-29-30-32-34-36-39-49-41-43(42-51-53(47,48)50-40-38-45(3,4)5)52-44(46)37-35-33-31-13-11-9-7-2/h19-20,43H,6-18,21-42H2,1-5H3/b20-19-. The number of allylic oxidation sites excluding steroid dienone is 2. The molecule has 0 aliphatic rings. The smallest absolute Gasteiger partial charge is 0.306 e. The van der Waals surface area contributed by atoms with Crippen LogP contribution in [0.5, 0.6) is 0 Å². The number of phosphoric acid groups is 1. The molecule has 0 aliphatic carbocycles. The average Bonchev–Trinajstić information content (AvgIpc) is 3.11. The predicted molar refractivity (Wildman–Crippen MR) is 222 cm³/mol. The number of unbranched alkanes of at least 4 members (excludes halogenated alkanes) is 26. The fraction of sp³-hybridized carbons (Fsp3) is 0.932. The molecule has 53 heavy (non-hydrogen) atoms. The lowest BCUT2D eigenvalue weighted by molar-refractivity contribution is -0.870. The third kappa shape index (κ3) is 42.2. The van der Waals surface area contributed by atoms with Crippen molar-refractivity contribution in [3.8, 4) is 0 Å². The monoisotopic (exact) mass is 774 g/mol. The lowest BCUT2D eigenvalue weighted by Gasteiger charge is -2.28. The van der Waals surface area contributed by atoms with Crippen LogP contribution >= 0.6 is 7.82 Å². The van der Waals surface area contributed by atoms with Crippen LogP contribution in [0.3, 0.4) is 0 Å². The van der Waals surface area contributed by atoms with E-state index in [1.54, 1.807) is 0 Å². The second-order valence-corrected chi connectivity index (χ2v) is 17.8. The van der Waals surface area contributed by atoms with E-state index in [9.17, 15) is 14.3 Å². The van der Waals surface area contributed by atoms with Gasteiger partial charge in [0, 0.05) is 13.0 Å². The quantitative estimate of drug-likeness (QED) is 0.0200. The van der Waals surface area contributed by atoms with Gasteiger partial charge in [-0.1, -0.05) is 174 Å². The van der Waals surface area contributed by atoms with Crippen molar-refractivity contribution in [1.29, 1.82) is 0 Å². The van der Waals surface area contributed by atoms with Gasteiger partial charge < -0.3 is 27.9 Å². The molecule has 0 aromatic rings. The second-order valence-electron chi connectivity index (χ2n) is 16.4. The maximum absolute atomic E-state index is 12.5. The first-order chi connectivity index (χ1) is 25.6. The summed E-state index contributed by atoms with van der Waals surface area (Å²) in [5.41, 5.74) is 0. The Morgan fingerprint density at radius 2 is 0.981 bits per heavy atom. The van der Waals surface area contributed by atoms with Crippen LogP contribution in [0.25, 0.3) is 0 Å². The third-order valence-corrected chi connectivity index (χ3v) is 10.8. The second kappa shape index (κ2) is 38.1. The van der Waals surface area contributed by atoms with Gasteiger partial charge in [0.05, 0.1) is 34.4 Å². The van der Waals surface area contributed by atoms with E-state index in [1.165, 1.54) is 154 Å². The summed E-state index contributed by atoms with van der Waals surface area (Å²) < 4.78 is 34.4. The molecule has 0 radical (unpaired) electrons. The molecule has 316 valence electrons. The fourth-order valence-corrected chi connectivity index (χ4v) is 7.03. The molecule has 2 unspecified atom stereocenters. The van der Waals surface area contributed by atoms with Crippen LogP contribution in [0.15, 0.2) is 12.2 Å². The number of carbonyl (C=O) groups excluding carboxylic acids is 1. The maximum atomic E-state index is 12.5. The Morgan fingerprint density at radius 1 is 0.566 bits per heavy atom. The number of phosphoric ester groups is 1. The number of nitrogens with zero attached hydrogens (tertiary/aromatic N) is 1. The number of rotatable bonds is 42. The molecule has 8 nitrogen and oxygen atoms in total. The van der Waals surface area contributed by atoms with Crippen molar-refractivity contribution < 1.29 is 37.3 Å². The maximum Gasteiger partial charge on any atom is 0.306 e. The van der Waals surface area contributed by atoms with Crippen LogP contribution in [0, 0.1) is 0 Å². The zero-order valence-electron chi connectivity index (χ0n) is 35.7. The highest BCUT2D eigenvalue weighted by atomic mass is 31.2. The van der Waals surface area contributed by atoms with Gasteiger partial charge in [-0.25, -0.2) is 0 Å². The van der Waals surface area contributed by atoms with Crippen LogP contribution < -0.4 is 4.89 Å². The van der Waals surface area contributed by atoms with E-state index in [4.69, 9.17) is 18.5 Å². The lowest BCUT2D eigenvalue weighted by atomic mass is 10.0. The minimum Gasteiger partial charge on any atom is -0.756 e. The minimum absolute atomic E-state index is 0.0290. The van der Waals surface area contributed by atoms with E-state index in [0.717, 1.165) is 32.1 Å². The minimum atomic E-state index is -4.51. The molecule has 2 atom stereocenters. The summed E-state index contributed by atoms with van der Waals surface area (Å²) in [4.78, 5) is 24.8. The highest BCUT2D eigenvalue weighted by molar-refractivity contribution is 7.45. The summed E-state index contributed by atoms with van der Waals surface area (Å²) in [6.45, 7) is 5.39. The van der Waals surface area contributed by atoms with Crippen molar-refractivity contribution in [3.05, 3.63) is 12.2 Å². The third-order valence-electron chi connectivity index (χ3n) is 9.82. The molecule has 0 rings (SSSR count). The summed E-state index contributed by atoms with van der Waals surface area (Å²) in [5, 5.41) is 0. The Morgan fingerprint density at radius 3 is 1.43 bits per heavy atom. The Kier molecular flexibility index (Phi) is 37.6. The molecule has 9 heteroatoms. The summed E-state index contributed by atoms with van der Waals surface area (Å²) in [7, 11) is 1.36. The average molecular weight is 774 g/mol. The Labute approximate surface area is 329 Å². The number of quaternary nitrogens is 1. The van der Waals surface area contributed by atoms with E-state index in [2.05, 4.69) is 26.0 Å². The van der Waals surface area contributed by atoms with Crippen molar-refractivity contribution >= 4 is 13.8 Å². The molecule has 0 amide bonds. The summed E-state index contributed by atoms with van der Waals surface area (Å²) in [5.74, 6) is -0.338. The first kappa shape index (κ1) is 52.2. The molecule has 0 aromatic carbocycles. The number of ether oxygens (including phenoxy) is 2. The molecule has 0 fully saturated rings. The SMILES string of the molecule is CCCCCCCCCC/C=C\CCCCCCCCCCCCCCOCC(COP(=O)([O-])OCC[N+](C)(C)C)OC(=O)CCCCCCCCC. The molecule has 0 spiro atoms. The molecule has 0 saturated carbocycles. The molecule has 0 aromatic heterocycles. The fourth-order valence-electron chi connectivity index (χ4n) is 6.31. The normalized spacial score (nSPS) is 13.8. The molecule has 0 aliphatic heterocycles. The van der Waals surface area contributed by atoms with Gasteiger partial charge in [0.15, 0.2) is 0 Å². The number of hydrogen-bond acceptors (Lipinski definition) is 7. The van der Waals surface area contributed by atoms with E-state index in [1.807, 2.05) is 21.1 Å². The highest BCUT2D eigenvalue weighted by Crippen LogP contribution is 2.38. The molecule has 0 bridgehead atoms. The van der Waals surface area contributed by atoms with Crippen LogP contribution in [0.1, 0.15) is 206 Å². The van der Waals surface area contributed by atoms with E-state index in [0.29, 0.717) is 24.1 Å². The van der Waals surface area contributed by atoms with Gasteiger partial charge in [-0.05, 0) is 38.5 Å². The van der Waals surface area contributed by atoms with Crippen molar-refractivity contribution in [2.24, 2.45) is 0 Å². The van der Waals surface area contributed by atoms with Crippen molar-refractivity contribution in [3.63, 3.8) is 0 Å². The van der Waals surface area contributed by atoms with Crippen molar-refractivity contribution in [2.75, 3.05) is 54.1 Å². The summed E-state index contributed by atoms with van der Waals surface area (Å²) in [6, 6.07) is 0. The Bertz CT molecular complexity index is 863. The van der Waals surface area contributed by atoms with Crippen LogP contribution in [0.4, 0.5) is 0 Å². The van der Waals surface area contributed by atoms with Gasteiger partial charge >= 0.3 is 5.97 Å². The molecule has 0 heterocycles. The lowest BCUT2D eigenvalue weighted by Crippen LogP contribution is -2.37. The number of hydrogen-bond donors (Lipinski definition) is 0. The largest absolute Gasteiger partial charge is 0.756 e. The van der Waals surface area contributed by atoms with Gasteiger partial charge in [-0.15, -0.1) is 0 Å². The van der Waals surface area contributed by atoms with Gasteiger partial charge in [0.1, 0.15) is 19.3 Å². The summed E-state index contributed by atoms with van der Waals surface area (Å²) >= 11 is 0. The van der Waals surface area contributed by atoms with Crippen LogP contribution in [-0.2, 0) is 27.9 Å². The van der Waals surface area contributed by atoms with Crippen LogP contribution in [-0.4, -0.2) is 70.7 Å². The number of carbonyl (C=O) groups is 1. The van der Waals surface area contributed by atoms with Crippen LogP contribution in [0.2, 0.25) is 0 Å². The van der Waals surface area contributed by atoms with Gasteiger partial charge in [-0.3, -0.25) is 9.36 Å². The Balaban J connectivity index is 3.95. The molecular formula is C44H88NO7P. The van der Waals surface area contributed by atoms with E-state index < -0.39 is 13.9 Å². The Hall–Kier alpha value is -0.760. The highest BCUT2D eigenvalue weighted by Gasteiger charge is 2.20. The van der Waals surface area contributed by atoms with Crippen molar-refractivity contribution in [2.45, 2.75) is 213 Å². The van der Waals surface area contributed by atoms with Gasteiger partial charge in [-0.2, -0.15) is 0 Å². The topological polar surface area (TPSA) is 94.1 Å². The zero-order chi connectivity index (χ0) is 39.1. The molecular weight excluding hydrogens is 685 g/mol. The zero-order valence-corrected chi connectivity index (χ0v) is 36.6. The van der Waals surface area contributed by atoms with Gasteiger partial charge in [0.25, 0.3) is 7.82 Å². The predicted octanol–water partition coefficient (Wildman–Crippen LogP) is 12.4.